The van der Waals surface area contributed by atoms with Gasteiger partial charge in [-0.05, 0) is 29.7 Å². The first-order valence-electron chi connectivity index (χ1n) is 5.77. The van der Waals surface area contributed by atoms with Gasteiger partial charge in [-0.2, -0.15) is 0 Å². The highest BCUT2D eigenvalue weighted by Crippen LogP contribution is 2.20. The molecule has 0 aromatic heterocycles. The fourth-order valence-corrected chi connectivity index (χ4v) is 1.91. The van der Waals surface area contributed by atoms with Crippen LogP contribution in [0.15, 0.2) is 54.6 Å². The number of carbonyl (C=O) groups is 1. The van der Waals surface area contributed by atoms with Crippen LogP contribution < -0.4 is 10.8 Å². The standard InChI is InChI=1S/C15H15NO2/c16-13-8-6-11(7-9-13)10-14(15(17)18)12-4-2-1-3-5-12/h1-9,14H,10,16H2,(H,17,18)/p-1/t14-/m0/s1. The van der Waals surface area contributed by atoms with Crippen LogP contribution in [0.5, 0.6) is 0 Å². The average Bonchev–Trinajstić information content (AvgIpc) is 2.38. The van der Waals surface area contributed by atoms with Crippen LogP contribution in [0.3, 0.4) is 0 Å². The van der Waals surface area contributed by atoms with E-state index >= 15 is 0 Å². The molecule has 3 nitrogen and oxygen atoms in total. The molecule has 92 valence electrons. The molecular formula is C15H14NO2-. The quantitative estimate of drug-likeness (QED) is 0.820. The van der Waals surface area contributed by atoms with Crippen LogP contribution in [0.1, 0.15) is 17.0 Å². The summed E-state index contributed by atoms with van der Waals surface area (Å²) in [7, 11) is 0. The van der Waals surface area contributed by atoms with Crippen molar-refractivity contribution in [2.75, 3.05) is 5.73 Å². The molecule has 3 heteroatoms. The second kappa shape index (κ2) is 5.36. The molecule has 0 aliphatic carbocycles. The molecule has 2 aromatic rings. The molecule has 0 saturated heterocycles. The van der Waals surface area contributed by atoms with Crippen molar-refractivity contribution in [3.8, 4) is 0 Å². The van der Waals surface area contributed by atoms with Gasteiger partial charge in [0, 0.05) is 17.6 Å². The lowest BCUT2D eigenvalue weighted by atomic mass is 9.92. The molecule has 18 heavy (non-hydrogen) atoms. The lowest BCUT2D eigenvalue weighted by Gasteiger charge is -2.18. The van der Waals surface area contributed by atoms with Crippen molar-refractivity contribution in [3.63, 3.8) is 0 Å². The second-order valence-electron chi connectivity index (χ2n) is 4.23. The summed E-state index contributed by atoms with van der Waals surface area (Å²) in [6.45, 7) is 0. The second-order valence-corrected chi connectivity index (χ2v) is 4.23. The summed E-state index contributed by atoms with van der Waals surface area (Å²) >= 11 is 0. The normalized spacial score (nSPS) is 12.0. The zero-order valence-electron chi connectivity index (χ0n) is 9.87. The molecule has 0 spiro atoms. The van der Waals surface area contributed by atoms with Crippen molar-refractivity contribution >= 4 is 11.7 Å². The number of nitrogen functional groups attached to an aromatic ring is 1. The molecule has 0 radical (unpaired) electrons. The molecule has 2 N–H and O–H groups in total. The van der Waals surface area contributed by atoms with E-state index in [-0.39, 0.29) is 0 Å². The Morgan fingerprint density at radius 2 is 1.67 bits per heavy atom. The van der Waals surface area contributed by atoms with Crippen LogP contribution in [-0.2, 0) is 11.2 Å². The van der Waals surface area contributed by atoms with E-state index < -0.39 is 11.9 Å². The van der Waals surface area contributed by atoms with Gasteiger partial charge in [-0.3, -0.25) is 0 Å². The summed E-state index contributed by atoms with van der Waals surface area (Å²) in [4.78, 5) is 11.2. The molecule has 2 rings (SSSR count). The maximum Gasteiger partial charge on any atom is 0.0492 e. The maximum atomic E-state index is 11.2. The predicted octanol–water partition coefficient (Wildman–Crippen LogP) is 1.34. The first kappa shape index (κ1) is 12.2. The van der Waals surface area contributed by atoms with Gasteiger partial charge < -0.3 is 15.6 Å². The molecular weight excluding hydrogens is 226 g/mol. The summed E-state index contributed by atoms with van der Waals surface area (Å²) in [6, 6.07) is 16.3. The minimum Gasteiger partial charge on any atom is -0.549 e. The first-order chi connectivity index (χ1) is 8.66. The number of nitrogens with two attached hydrogens (primary N) is 1. The molecule has 0 heterocycles. The van der Waals surface area contributed by atoms with Crippen molar-refractivity contribution in [3.05, 3.63) is 65.7 Å². The number of benzene rings is 2. The van der Waals surface area contributed by atoms with Crippen molar-refractivity contribution in [1.82, 2.24) is 0 Å². The minimum atomic E-state index is -1.06. The zero-order valence-corrected chi connectivity index (χ0v) is 9.87. The lowest BCUT2D eigenvalue weighted by Crippen LogP contribution is -2.31. The number of carboxylic acids is 1. The minimum absolute atomic E-state index is 0.409. The SMILES string of the molecule is Nc1ccc(C[C@H](C(=O)[O-])c2ccccc2)cc1. The van der Waals surface area contributed by atoms with Gasteiger partial charge in [-0.15, -0.1) is 0 Å². The highest BCUT2D eigenvalue weighted by molar-refractivity contribution is 5.74. The number of carboxylic acid groups (broad SMARTS) is 1. The molecule has 2 aromatic carbocycles. The summed E-state index contributed by atoms with van der Waals surface area (Å²) in [5, 5.41) is 11.2. The molecule has 0 bridgehead atoms. The number of rotatable bonds is 4. The fraction of sp³-hybridized carbons (Fsp3) is 0.133. The van der Waals surface area contributed by atoms with E-state index in [1.165, 1.54) is 0 Å². The number of hydrogen-bond acceptors (Lipinski definition) is 3. The molecule has 0 unspecified atom stereocenters. The van der Waals surface area contributed by atoms with E-state index in [0.29, 0.717) is 12.1 Å². The molecule has 0 fully saturated rings. The maximum absolute atomic E-state index is 11.2. The van der Waals surface area contributed by atoms with E-state index in [1.807, 2.05) is 30.3 Å². The molecule has 1 atom stereocenters. The molecule has 0 aliphatic heterocycles. The summed E-state index contributed by atoms with van der Waals surface area (Å²) in [5.41, 5.74) is 7.96. The summed E-state index contributed by atoms with van der Waals surface area (Å²) in [5.74, 6) is -1.69. The van der Waals surface area contributed by atoms with E-state index in [2.05, 4.69) is 0 Å². The Kier molecular flexibility index (Phi) is 3.63. The number of hydrogen-bond donors (Lipinski definition) is 1. The van der Waals surface area contributed by atoms with Crippen LogP contribution in [0, 0.1) is 0 Å². The van der Waals surface area contributed by atoms with Gasteiger partial charge in [0.05, 0.1) is 0 Å². The highest BCUT2D eigenvalue weighted by atomic mass is 16.4. The smallest absolute Gasteiger partial charge is 0.0492 e. The van der Waals surface area contributed by atoms with Crippen molar-refractivity contribution < 1.29 is 9.90 Å². The summed E-state index contributed by atoms with van der Waals surface area (Å²) < 4.78 is 0. The van der Waals surface area contributed by atoms with Crippen molar-refractivity contribution in [1.29, 1.82) is 0 Å². The molecule has 0 saturated carbocycles. The monoisotopic (exact) mass is 240 g/mol. The lowest BCUT2D eigenvalue weighted by molar-refractivity contribution is -0.308. The van der Waals surface area contributed by atoms with Crippen LogP contribution >= 0.6 is 0 Å². The molecule has 0 amide bonds. The van der Waals surface area contributed by atoms with Gasteiger partial charge in [0.25, 0.3) is 0 Å². The van der Waals surface area contributed by atoms with Gasteiger partial charge in [0.2, 0.25) is 0 Å². The van der Waals surface area contributed by atoms with Crippen molar-refractivity contribution in [2.45, 2.75) is 12.3 Å². The van der Waals surface area contributed by atoms with Crippen LogP contribution in [0.4, 0.5) is 5.69 Å². The number of carbonyl (C=O) groups excluding carboxylic acids is 1. The highest BCUT2D eigenvalue weighted by Gasteiger charge is 2.13. The van der Waals surface area contributed by atoms with E-state index in [4.69, 9.17) is 5.73 Å². The third-order valence-electron chi connectivity index (χ3n) is 2.91. The predicted molar refractivity (Wildman–Crippen MR) is 68.7 cm³/mol. The van der Waals surface area contributed by atoms with Gasteiger partial charge in [-0.1, -0.05) is 42.5 Å². The molecule has 0 aliphatic rings. The largest absolute Gasteiger partial charge is 0.549 e. The first-order valence-corrected chi connectivity index (χ1v) is 5.77. The third kappa shape index (κ3) is 2.88. The zero-order chi connectivity index (χ0) is 13.0. The Balaban J connectivity index is 2.22. The van der Waals surface area contributed by atoms with E-state index in [1.54, 1.807) is 24.3 Å². The van der Waals surface area contributed by atoms with Crippen LogP contribution in [-0.4, -0.2) is 5.97 Å². The topological polar surface area (TPSA) is 66.2 Å². The third-order valence-corrected chi connectivity index (χ3v) is 2.91. The number of anilines is 1. The Morgan fingerprint density at radius 3 is 2.22 bits per heavy atom. The van der Waals surface area contributed by atoms with Gasteiger partial charge in [-0.25, -0.2) is 0 Å². The Bertz CT molecular complexity index is 520. The van der Waals surface area contributed by atoms with E-state index in [9.17, 15) is 9.90 Å². The van der Waals surface area contributed by atoms with Gasteiger partial charge in [0.15, 0.2) is 0 Å². The van der Waals surface area contributed by atoms with Gasteiger partial charge >= 0.3 is 0 Å². The van der Waals surface area contributed by atoms with Gasteiger partial charge in [0.1, 0.15) is 0 Å². The number of aliphatic carboxylic acids is 1. The van der Waals surface area contributed by atoms with E-state index in [0.717, 1.165) is 11.1 Å². The fourth-order valence-electron chi connectivity index (χ4n) is 1.91. The average molecular weight is 240 g/mol. The Hall–Kier alpha value is -2.29. The Labute approximate surface area is 106 Å². The van der Waals surface area contributed by atoms with Crippen molar-refractivity contribution in [2.24, 2.45) is 0 Å². The van der Waals surface area contributed by atoms with Crippen LogP contribution in [0.2, 0.25) is 0 Å². The van der Waals surface area contributed by atoms with Crippen LogP contribution in [0.25, 0.3) is 0 Å². The Morgan fingerprint density at radius 1 is 1.06 bits per heavy atom. The summed E-state index contributed by atoms with van der Waals surface area (Å²) in [6.07, 6.45) is 0.409.